The molecule has 2 rings (SSSR count). The minimum atomic E-state index is -0.450. The van der Waals surface area contributed by atoms with E-state index in [1.54, 1.807) is 18.0 Å². The van der Waals surface area contributed by atoms with E-state index >= 15 is 0 Å². The third kappa shape index (κ3) is 2.75. The van der Waals surface area contributed by atoms with Gasteiger partial charge in [-0.15, -0.1) is 0 Å². The molecule has 2 unspecified atom stereocenters. The van der Waals surface area contributed by atoms with E-state index in [0.29, 0.717) is 13.0 Å². The van der Waals surface area contributed by atoms with Crippen molar-refractivity contribution in [2.24, 2.45) is 0 Å². The number of nitrogens with zero attached hydrogens (tertiary/aromatic N) is 2. The number of pyridine rings is 1. The van der Waals surface area contributed by atoms with Gasteiger partial charge in [0, 0.05) is 18.4 Å². The predicted octanol–water partition coefficient (Wildman–Crippen LogP) is 1.02. The molecule has 1 saturated heterocycles. The molecule has 0 bridgehead atoms. The monoisotopic (exact) mass is 261 g/mol. The van der Waals surface area contributed by atoms with Crippen molar-refractivity contribution in [1.29, 1.82) is 0 Å². The van der Waals surface area contributed by atoms with Crippen LogP contribution in [0.15, 0.2) is 18.3 Å². The van der Waals surface area contributed by atoms with Crippen LogP contribution >= 0.6 is 0 Å². The molecule has 0 spiro atoms. The fourth-order valence-corrected chi connectivity index (χ4v) is 2.30. The van der Waals surface area contributed by atoms with Crippen molar-refractivity contribution >= 4 is 11.8 Å². The van der Waals surface area contributed by atoms with Crippen molar-refractivity contribution in [3.8, 4) is 0 Å². The summed E-state index contributed by atoms with van der Waals surface area (Å²) in [5, 5.41) is 2.71. The summed E-state index contributed by atoms with van der Waals surface area (Å²) in [6.45, 7) is 5.98. The summed E-state index contributed by atoms with van der Waals surface area (Å²) in [7, 11) is 0. The van der Waals surface area contributed by atoms with E-state index in [1.807, 2.05) is 26.0 Å². The van der Waals surface area contributed by atoms with Crippen LogP contribution in [0, 0.1) is 6.92 Å². The number of carbonyl (C=O) groups is 2. The van der Waals surface area contributed by atoms with Crippen LogP contribution in [0.5, 0.6) is 0 Å². The fourth-order valence-electron chi connectivity index (χ4n) is 2.30. The zero-order valence-corrected chi connectivity index (χ0v) is 11.5. The number of hydrogen-bond donors (Lipinski definition) is 1. The Balaban J connectivity index is 2.21. The molecule has 0 radical (unpaired) electrons. The van der Waals surface area contributed by atoms with Crippen molar-refractivity contribution in [3.05, 3.63) is 29.6 Å². The first-order valence-electron chi connectivity index (χ1n) is 6.55. The molecule has 5 nitrogen and oxygen atoms in total. The molecule has 102 valence electrons. The number of amides is 2. The van der Waals surface area contributed by atoms with Crippen LogP contribution in [0.4, 0.5) is 0 Å². The first-order chi connectivity index (χ1) is 9.02. The van der Waals surface area contributed by atoms with Crippen LogP contribution in [0.2, 0.25) is 0 Å². The zero-order chi connectivity index (χ0) is 14.0. The van der Waals surface area contributed by atoms with Crippen molar-refractivity contribution in [3.63, 3.8) is 0 Å². The maximum absolute atomic E-state index is 12.2. The van der Waals surface area contributed by atoms with Crippen LogP contribution in [0.3, 0.4) is 0 Å². The Morgan fingerprint density at radius 1 is 1.37 bits per heavy atom. The lowest BCUT2D eigenvalue weighted by molar-refractivity contribution is -0.149. The highest BCUT2D eigenvalue weighted by atomic mass is 16.2. The van der Waals surface area contributed by atoms with E-state index in [-0.39, 0.29) is 17.9 Å². The molecule has 2 heterocycles. The highest BCUT2D eigenvalue weighted by molar-refractivity contribution is 5.96. The maximum Gasteiger partial charge on any atom is 0.245 e. The minimum absolute atomic E-state index is 0.0352. The Morgan fingerprint density at radius 3 is 2.68 bits per heavy atom. The van der Waals surface area contributed by atoms with Gasteiger partial charge in [0.15, 0.2) is 0 Å². The Bertz CT molecular complexity index is 484. The summed E-state index contributed by atoms with van der Waals surface area (Å²) in [5.74, 6) is -0.110. The molecular weight excluding hydrogens is 242 g/mol. The van der Waals surface area contributed by atoms with Crippen LogP contribution in [0.1, 0.15) is 31.5 Å². The van der Waals surface area contributed by atoms with Gasteiger partial charge in [-0.25, -0.2) is 0 Å². The Kier molecular flexibility index (Phi) is 3.83. The van der Waals surface area contributed by atoms with Crippen molar-refractivity contribution in [2.75, 3.05) is 0 Å². The van der Waals surface area contributed by atoms with Gasteiger partial charge in [0.1, 0.15) is 12.1 Å². The van der Waals surface area contributed by atoms with Crippen molar-refractivity contribution in [1.82, 2.24) is 15.2 Å². The van der Waals surface area contributed by atoms with Gasteiger partial charge < -0.3 is 10.2 Å². The number of aryl methyl sites for hydroxylation is 1. The van der Waals surface area contributed by atoms with Gasteiger partial charge in [0.2, 0.25) is 11.8 Å². The quantitative estimate of drug-likeness (QED) is 0.883. The largest absolute Gasteiger partial charge is 0.343 e. The van der Waals surface area contributed by atoms with E-state index in [1.165, 1.54) is 0 Å². The number of rotatable bonds is 3. The van der Waals surface area contributed by atoms with Gasteiger partial charge >= 0.3 is 0 Å². The molecule has 1 aliphatic rings. The zero-order valence-electron chi connectivity index (χ0n) is 11.5. The average Bonchev–Trinajstić information content (AvgIpc) is 2.38. The Morgan fingerprint density at radius 2 is 2.11 bits per heavy atom. The van der Waals surface area contributed by atoms with Gasteiger partial charge in [0.05, 0.1) is 0 Å². The molecule has 1 fully saturated rings. The van der Waals surface area contributed by atoms with Crippen LogP contribution in [-0.2, 0) is 16.1 Å². The Hall–Kier alpha value is -1.91. The highest BCUT2D eigenvalue weighted by Crippen LogP contribution is 2.16. The molecule has 19 heavy (non-hydrogen) atoms. The number of carbonyl (C=O) groups excluding carboxylic acids is 2. The van der Waals surface area contributed by atoms with E-state index in [0.717, 1.165) is 11.3 Å². The van der Waals surface area contributed by atoms with Gasteiger partial charge in [-0.1, -0.05) is 13.0 Å². The SMILES string of the molecule is CCC1C(=O)NC(C)C(=O)N1Cc1ccc(C)nc1. The van der Waals surface area contributed by atoms with Gasteiger partial charge in [-0.3, -0.25) is 14.6 Å². The van der Waals surface area contributed by atoms with Crippen LogP contribution in [-0.4, -0.2) is 33.8 Å². The normalized spacial score (nSPS) is 23.4. The summed E-state index contributed by atoms with van der Waals surface area (Å²) < 4.78 is 0. The lowest BCUT2D eigenvalue weighted by Crippen LogP contribution is -2.61. The molecule has 2 atom stereocenters. The summed E-state index contributed by atoms with van der Waals surface area (Å²) in [4.78, 5) is 30.0. The topological polar surface area (TPSA) is 62.3 Å². The second kappa shape index (κ2) is 5.38. The summed E-state index contributed by atoms with van der Waals surface area (Å²) >= 11 is 0. The molecule has 0 saturated carbocycles. The Labute approximate surface area is 113 Å². The molecule has 1 aliphatic heterocycles. The summed E-state index contributed by atoms with van der Waals surface area (Å²) in [6.07, 6.45) is 2.37. The van der Waals surface area contributed by atoms with Gasteiger partial charge in [-0.05, 0) is 31.9 Å². The number of nitrogens with one attached hydrogen (secondary N) is 1. The molecule has 5 heteroatoms. The standard InChI is InChI=1S/C14H19N3O2/c1-4-12-13(18)16-10(3)14(19)17(12)8-11-6-5-9(2)15-7-11/h5-7,10,12H,4,8H2,1-3H3,(H,16,18). The second-order valence-corrected chi connectivity index (χ2v) is 4.93. The predicted molar refractivity (Wildman–Crippen MR) is 71.2 cm³/mol. The lowest BCUT2D eigenvalue weighted by atomic mass is 10.0. The number of hydrogen-bond acceptors (Lipinski definition) is 3. The van der Waals surface area contributed by atoms with Crippen molar-refractivity contribution < 1.29 is 9.59 Å². The molecule has 1 aromatic heterocycles. The molecular formula is C14H19N3O2. The van der Waals surface area contributed by atoms with Crippen LogP contribution in [0.25, 0.3) is 0 Å². The third-order valence-corrected chi connectivity index (χ3v) is 3.40. The second-order valence-electron chi connectivity index (χ2n) is 4.93. The van der Waals surface area contributed by atoms with E-state index < -0.39 is 6.04 Å². The highest BCUT2D eigenvalue weighted by Gasteiger charge is 2.37. The fraction of sp³-hybridized carbons (Fsp3) is 0.500. The molecule has 0 aliphatic carbocycles. The van der Waals surface area contributed by atoms with E-state index in [2.05, 4.69) is 10.3 Å². The molecule has 0 aromatic carbocycles. The summed E-state index contributed by atoms with van der Waals surface area (Å²) in [5.41, 5.74) is 1.88. The maximum atomic E-state index is 12.2. The number of piperazine rings is 1. The smallest absolute Gasteiger partial charge is 0.245 e. The minimum Gasteiger partial charge on any atom is -0.343 e. The third-order valence-electron chi connectivity index (χ3n) is 3.40. The first kappa shape index (κ1) is 13.5. The van der Waals surface area contributed by atoms with Gasteiger partial charge in [-0.2, -0.15) is 0 Å². The summed E-state index contributed by atoms with van der Waals surface area (Å²) in [6, 6.07) is 3.02. The van der Waals surface area contributed by atoms with E-state index in [9.17, 15) is 9.59 Å². The van der Waals surface area contributed by atoms with Gasteiger partial charge in [0.25, 0.3) is 0 Å². The van der Waals surface area contributed by atoms with Crippen molar-refractivity contribution in [2.45, 2.75) is 45.8 Å². The number of aromatic nitrogens is 1. The average molecular weight is 261 g/mol. The lowest BCUT2D eigenvalue weighted by Gasteiger charge is -2.37. The van der Waals surface area contributed by atoms with Crippen LogP contribution < -0.4 is 5.32 Å². The molecule has 1 aromatic rings. The molecule has 1 N–H and O–H groups in total. The first-order valence-corrected chi connectivity index (χ1v) is 6.55. The molecule has 2 amide bonds. The van der Waals surface area contributed by atoms with E-state index in [4.69, 9.17) is 0 Å².